The van der Waals surface area contributed by atoms with Gasteiger partial charge >= 0.3 is 0 Å². The molecule has 0 spiro atoms. The molecule has 1 saturated carbocycles. The molecule has 4 unspecified atom stereocenters. The highest BCUT2D eigenvalue weighted by atomic mass is 35.5. The highest BCUT2D eigenvalue weighted by Crippen LogP contribution is 2.52. The number of rotatable bonds is 5. The number of halogens is 1. The quantitative estimate of drug-likeness (QED) is 0.519. The zero-order valence-corrected chi connectivity index (χ0v) is 15.7. The Kier molecular flexibility index (Phi) is 5.42. The number of fused-ring (bicyclic) bond motifs is 5. The molecule has 2 aliphatic heterocycles. The van der Waals surface area contributed by atoms with E-state index in [4.69, 9.17) is 4.74 Å². The summed E-state index contributed by atoms with van der Waals surface area (Å²) in [5.41, 5.74) is -0.802. The zero-order chi connectivity index (χ0) is 17.6. The Labute approximate surface area is 159 Å². The van der Waals surface area contributed by atoms with Crippen molar-refractivity contribution in [1.82, 2.24) is 15.5 Å². The molecule has 0 radical (unpaired) electrons. The van der Waals surface area contributed by atoms with Crippen LogP contribution in [0.4, 0.5) is 0 Å². The minimum absolute atomic E-state index is 0. The van der Waals surface area contributed by atoms with Crippen molar-refractivity contribution in [3.8, 4) is 0 Å². The molecule has 144 valence electrons. The van der Waals surface area contributed by atoms with Crippen molar-refractivity contribution in [1.29, 1.82) is 0 Å². The summed E-state index contributed by atoms with van der Waals surface area (Å²) in [7, 11) is 1.56. The highest BCUT2D eigenvalue weighted by Gasteiger charge is 2.59. The van der Waals surface area contributed by atoms with Gasteiger partial charge in [0.1, 0.15) is 5.60 Å². The van der Waals surface area contributed by atoms with E-state index in [2.05, 4.69) is 22.8 Å². The average molecular weight is 384 g/mol. The van der Waals surface area contributed by atoms with Crippen molar-refractivity contribution in [3.63, 3.8) is 0 Å². The maximum Gasteiger partial charge on any atom is 0.252 e. The summed E-state index contributed by atoms with van der Waals surface area (Å²) in [5, 5.41) is 6.08. The van der Waals surface area contributed by atoms with Crippen molar-refractivity contribution >= 4 is 30.1 Å². The standard InChI is InChI=1S/C18H25N3O4.ClH/c1-25-18(4-6-19-7-5-18)17(24)20-8-9-21-15(22)13-11-2-3-12(10-11)14(13)16(21)23;/h2-3,11-14,19H,4-10H2,1H3,(H,20,24);1H. The Morgan fingerprint density at radius 3 is 2.35 bits per heavy atom. The number of carbonyl (C=O) groups is 3. The van der Waals surface area contributed by atoms with Gasteiger partial charge in [0.15, 0.2) is 0 Å². The molecule has 2 aliphatic carbocycles. The SMILES string of the molecule is COC1(C(=O)NCCN2C(=O)C3C4C=CC(C4)C3C2=O)CCNCC1.Cl. The van der Waals surface area contributed by atoms with Gasteiger partial charge in [0, 0.05) is 20.2 Å². The lowest BCUT2D eigenvalue weighted by molar-refractivity contribution is -0.147. The fourth-order valence-electron chi connectivity index (χ4n) is 4.98. The monoisotopic (exact) mass is 383 g/mol. The minimum atomic E-state index is -0.802. The van der Waals surface area contributed by atoms with Gasteiger partial charge in [-0.1, -0.05) is 12.2 Å². The number of ether oxygens (including phenoxy) is 1. The molecule has 8 heteroatoms. The van der Waals surface area contributed by atoms with Crippen LogP contribution in [-0.2, 0) is 19.1 Å². The van der Waals surface area contributed by atoms with Gasteiger partial charge in [0.05, 0.1) is 11.8 Å². The number of allylic oxidation sites excluding steroid dienone is 2. The van der Waals surface area contributed by atoms with Gasteiger partial charge in [-0.25, -0.2) is 0 Å². The molecule has 0 aromatic carbocycles. The summed E-state index contributed by atoms with van der Waals surface area (Å²) >= 11 is 0. The molecule has 0 aromatic heterocycles. The number of nitrogens with zero attached hydrogens (tertiary/aromatic N) is 1. The van der Waals surface area contributed by atoms with Gasteiger partial charge in [0.25, 0.3) is 5.91 Å². The van der Waals surface area contributed by atoms with Crippen LogP contribution in [0, 0.1) is 23.7 Å². The first-order chi connectivity index (χ1) is 12.1. The number of hydrogen-bond acceptors (Lipinski definition) is 5. The van der Waals surface area contributed by atoms with Crippen LogP contribution in [0.3, 0.4) is 0 Å². The molecule has 4 aliphatic rings. The van der Waals surface area contributed by atoms with Crippen LogP contribution in [0.1, 0.15) is 19.3 Å². The van der Waals surface area contributed by atoms with Crippen molar-refractivity contribution in [2.24, 2.45) is 23.7 Å². The van der Waals surface area contributed by atoms with E-state index < -0.39 is 5.60 Å². The molecular weight excluding hydrogens is 358 g/mol. The van der Waals surface area contributed by atoms with E-state index in [9.17, 15) is 14.4 Å². The lowest BCUT2D eigenvalue weighted by Gasteiger charge is -2.34. The summed E-state index contributed by atoms with van der Waals surface area (Å²) in [6.45, 7) is 2.00. The fraction of sp³-hybridized carbons (Fsp3) is 0.722. The number of carbonyl (C=O) groups excluding carboxylic acids is 3. The third kappa shape index (κ3) is 2.86. The van der Waals surface area contributed by atoms with Gasteiger partial charge in [-0.05, 0) is 44.2 Å². The number of amides is 3. The molecule has 26 heavy (non-hydrogen) atoms. The summed E-state index contributed by atoms with van der Waals surface area (Å²) in [4.78, 5) is 39.1. The second-order valence-electron chi connectivity index (χ2n) is 7.53. The maximum absolute atomic E-state index is 12.6. The lowest BCUT2D eigenvalue weighted by Crippen LogP contribution is -2.55. The Bertz CT molecular complexity index is 602. The van der Waals surface area contributed by atoms with Gasteiger partial charge in [0.2, 0.25) is 11.8 Å². The van der Waals surface area contributed by atoms with Crippen LogP contribution in [0.25, 0.3) is 0 Å². The molecule has 4 rings (SSSR count). The number of methoxy groups -OCH3 is 1. The first-order valence-corrected chi connectivity index (χ1v) is 9.15. The molecule has 3 amide bonds. The molecule has 7 nitrogen and oxygen atoms in total. The summed E-state index contributed by atoms with van der Waals surface area (Å²) in [6.07, 6.45) is 6.34. The van der Waals surface area contributed by atoms with Crippen molar-refractivity contribution in [2.45, 2.75) is 24.9 Å². The molecule has 4 atom stereocenters. The Balaban J connectivity index is 0.00000196. The molecule has 3 fully saturated rings. The van der Waals surface area contributed by atoms with Crippen LogP contribution in [0.2, 0.25) is 0 Å². The number of likely N-dealkylation sites (tertiary alicyclic amines) is 1. The number of nitrogens with one attached hydrogen (secondary N) is 2. The fourth-order valence-corrected chi connectivity index (χ4v) is 4.98. The summed E-state index contributed by atoms with van der Waals surface area (Å²) < 4.78 is 5.49. The Morgan fingerprint density at radius 1 is 1.23 bits per heavy atom. The predicted octanol–water partition coefficient (Wildman–Crippen LogP) is 0.100. The number of imide groups is 1. The minimum Gasteiger partial charge on any atom is -0.368 e. The summed E-state index contributed by atoms with van der Waals surface area (Å²) in [6, 6.07) is 0. The normalized spacial score (nSPS) is 34.0. The average Bonchev–Trinajstić information content (AvgIpc) is 3.31. The van der Waals surface area contributed by atoms with Crippen LogP contribution in [0.5, 0.6) is 0 Å². The smallest absolute Gasteiger partial charge is 0.252 e. The predicted molar refractivity (Wildman–Crippen MR) is 96.5 cm³/mol. The van der Waals surface area contributed by atoms with E-state index >= 15 is 0 Å². The van der Waals surface area contributed by atoms with E-state index in [0.29, 0.717) is 12.8 Å². The highest BCUT2D eigenvalue weighted by molar-refractivity contribution is 6.06. The number of hydrogen-bond donors (Lipinski definition) is 2. The van der Waals surface area contributed by atoms with Crippen LogP contribution in [-0.4, -0.2) is 61.5 Å². The van der Waals surface area contributed by atoms with Gasteiger partial charge in [-0.15, -0.1) is 12.4 Å². The lowest BCUT2D eigenvalue weighted by atomic mass is 9.85. The molecule has 2 N–H and O–H groups in total. The first kappa shape index (κ1) is 19.3. The number of piperidine rings is 1. The van der Waals surface area contributed by atoms with Crippen LogP contribution < -0.4 is 10.6 Å². The Morgan fingerprint density at radius 2 is 1.81 bits per heavy atom. The molecule has 2 heterocycles. The van der Waals surface area contributed by atoms with Crippen LogP contribution in [0.15, 0.2) is 12.2 Å². The molecule has 0 aromatic rings. The van der Waals surface area contributed by atoms with E-state index in [1.54, 1.807) is 7.11 Å². The van der Waals surface area contributed by atoms with E-state index in [0.717, 1.165) is 19.5 Å². The third-order valence-electron chi connectivity index (χ3n) is 6.40. The molecular formula is C18H26ClN3O4. The van der Waals surface area contributed by atoms with Gasteiger partial charge in [-0.2, -0.15) is 0 Å². The van der Waals surface area contributed by atoms with Crippen molar-refractivity contribution < 1.29 is 19.1 Å². The second kappa shape index (κ2) is 7.29. The van der Waals surface area contributed by atoms with Crippen LogP contribution >= 0.6 is 12.4 Å². The van der Waals surface area contributed by atoms with E-state index in [1.807, 2.05) is 0 Å². The maximum atomic E-state index is 12.6. The Hall–Kier alpha value is -1.44. The first-order valence-electron chi connectivity index (χ1n) is 9.15. The third-order valence-corrected chi connectivity index (χ3v) is 6.40. The van der Waals surface area contributed by atoms with Gasteiger partial charge in [-0.3, -0.25) is 19.3 Å². The molecule has 2 saturated heterocycles. The van der Waals surface area contributed by atoms with Crippen molar-refractivity contribution in [2.75, 3.05) is 33.3 Å². The second-order valence-corrected chi connectivity index (χ2v) is 7.53. The van der Waals surface area contributed by atoms with E-state index in [1.165, 1.54) is 4.90 Å². The van der Waals surface area contributed by atoms with Crippen molar-refractivity contribution in [3.05, 3.63) is 12.2 Å². The zero-order valence-electron chi connectivity index (χ0n) is 14.9. The largest absolute Gasteiger partial charge is 0.368 e. The summed E-state index contributed by atoms with van der Waals surface area (Å²) in [5.74, 6) is -0.192. The topological polar surface area (TPSA) is 87.7 Å². The van der Waals surface area contributed by atoms with E-state index in [-0.39, 0.29) is 66.9 Å². The molecule has 2 bridgehead atoms. The van der Waals surface area contributed by atoms with Gasteiger partial charge < -0.3 is 15.4 Å².